The van der Waals surface area contributed by atoms with Crippen LogP contribution in [-0.4, -0.2) is 93.6 Å². The minimum absolute atomic E-state index is 0.0762. The molecule has 1 aliphatic carbocycles. The molecular formula is C40H45FN6O5. The molecule has 1 saturated heterocycles. The molecule has 1 atom stereocenters. The summed E-state index contributed by atoms with van der Waals surface area (Å²) in [6, 6.07) is 11.6. The molecule has 4 aromatic rings. The minimum atomic E-state index is -1.13. The average Bonchev–Trinajstić information content (AvgIpc) is 3.91. The van der Waals surface area contributed by atoms with Crippen molar-refractivity contribution in [3.8, 4) is 16.9 Å². The van der Waals surface area contributed by atoms with Gasteiger partial charge in [0, 0.05) is 91.0 Å². The predicted molar refractivity (Wildman–Crippen MR) is 197 cm³/mol. The van der Waals surface area contributed by atoms with Crippen LogP contribution >= 0.6 is 0 Å². The normalized spacial score (nSPS) is 16.9. The number of hydrogen-bond acceptors (Lipinski definition) is 7. The number of pyridine rings is 2. The summed E-state index contributed by atoms with van der Waals surface area (Å²) in [5, 5.41) is 10.5. The molecular weight excluding hydrogens is 663 g/mol. The van der Waals surface area contributed by atoms with E-state index >= 15 is 0 Å². The zero-order valence-corrected chi connectivity index (χ0v) is 30.2. The van der Waals surface area contributed by atoms with Gasteiger partial charge in [0.1, 0.15) is 11.7 Å². The molecule has 272 valence electrons. The second-order valence-corrected chi connectivity index (χ2v) is 14.1. The monoisotopic (exact) mass is 708 g/mol. The Kier molecular flexibility index (Phi) is 9.73. The van der Waals surface area contributed by atoms with Gasteiger partial charge in [0.25, 0.3) is 5.91 Å². The summed E-state index contributed by atoms with van der Waals surface area (Å²) >= 11 is 0. The molecule has 1 saturated carbocycles. The van der Waals surface area contributed by atoms with Crippen LogP contribution in [-0.2, 0) is 22.6 Å². The Morgan fingerprint density at radius 3 is 2.48 bits per heavy atom. The van der Waals surface area contributed by atoms with E-state index in [9.17, 15) is 23.9 Å². The van der Waals surface area contributed by atoms with Crippen molar-refractivity contribution in [2.75, 3.05) is 51.3 Å². The number of nitrogens with zero attached hydrogens (tertiary/aromatic N) is 6. The fourth-order valence-electron chi connectivity index (χ4n) is 7.48. The molecule has 0 radical (unpaired) electrons. The second-order valence-electron chi connectivity index (χ2n) is 14.1. The zero-order chi connectivity index (χ0) is 36.7. The van der Waals surface area contributed by atoms with Crippen LogP contribution in [0.4, 0.5) is 10.2 Å². The van der Waals surface area contributed by atoms with Gasteiger partial charge in [-0.2, -0.15) is 0 Å². The van der Waals surface area contributed by atoms with Crippen LogP contribution in [0.2, 0.25) is 0 Å². The highest BCUT2D eigenvalue weighted by molar-refractivity contribution is 6.05. The highest BCUT2D eigenvalue weighted by Gasteiger charge is 2.32. The van der Waals surface area contributed by atoms with Crippen molar-refractivity contribution >= 4 is 40.1 Å². The molecule has 1 unspecified atom stereocenters. The van der Waals surface area contributed by atoms with Gasteiger partial charge < -0.3 is 29.1 Å². The van der Waals surface area contributed by atoms with E-state index in [-0.39, 0.29) is 11.8 Å². The van der Waals surface area contributed by atoms with Gasteiger partial charge in [-0.1, -0.05) is 19.1 Å². The molecule has 12 heteroatoms. The molecule has 0 spiro atoms. The Morgan fingerprint density at radius 2 is 1.79 bits per heavy atom. The quantitative estimate of drug-likeness (QED) is 0.205. The maximum absolute atomic E-state index is 14.4. The fourth-order valence-corrected chi connectivity index (χ4v) is 7.48. The molecule has 0 bridgehead atoms. The van der Waals surface area contributed by atoms with E-state index in [1.54, 1.807) is 4.90 Å². The van der Waals surface area contributed by atoms with Gasteiger partial charge in [0.15, 0.2) is 11.6 Å². The number of aromatic nitrogens is 3. The van der Waals surface area contributed by atoms with E-state index in [4.69, 9.17) is 9.72 Å². The van der Waals surface area contributed by atoms with Gasteiger partial charge in [-0.3, -0.25) is 19.4 Å². The minimum Gasteiger partial charge on any atom is -0.493 e. The number of carbonyl (C=O) groups excluding carboxylic acids is 2. The first-order valence-electron chi connectivity index (χ1n) is 18.1. The second kappa shape index (κ2) is 14.4. The number of amides is 2. The molecule has 2 fully saturated rings. The number of aliphatic carboxylic acids is 1. The van der Waals surface area contributed by atoms with Crippen molar-refractivity contribution in [1.29, 1.82) is 0 Å². The van der Waals surface area contributed by atoms with Gasteiger partial charge in [0.2, 0.25) is 5.91 Å². The number of ether oxygens (including phenoxy) is 1. The Bertz CT molecular complexity index is 2080. The molecule has 2 amide bonds. The van der Waals surface area contributed by atoms with Gasteiger partial charge in [-0.05, 0) is 75.3 Å². The van der Waals surface area contributed by atoms with E-state index in [0.717, 1.165) is 70.5 Å². The molecule has 5 heterocycles. The van der Waals surface area contributed by atoms with Gasteiger partial charge in [-0.15, -0.1) is 0 Å². The summed E-state index contributed by atoms with van der Waals surface area (Å²) in [6.45, 7) is 9.06. The first-order chi connectivity index (χ1) is 25.1. The maximum atomic E-state index is 14.4. The number of piperazine rings is 1. The number of fused-ring (bicyclic) bond motifs is 1. The third-order valence-corrected chi connectivity index (χ3v) is 10.5. The van der Waals surface area contributed by atoms with Crippen LogP contribution in [0, 0.1) is 24.6 Å². The molecule has 3 aromatic heterocycles. The van der Waals surface area contributed by atoms with Crippen LogP contribution < -0.4 is 9.64 Å². The van der Waals surface area contributed by atoms with E-state index in [1.807, 2.05) is 34.9 Å². The molecule has 3 aliphatic rings. The van der Waals surface area contributed by atoms with Gasteiger partial charge in [-0.25, -0.2) is 9.37 Å². The Labute approximate surface area is 302 Å². The van der Waals surface area contributed by atoms with Crippen molar-refractivity contribution in [3.05, 3.63) is 77.1 Å². The maximum Gasteiger partial charge on any atom is 0.315 e. The smallest absolute Gasteiger partial charge is 0.315 e. The lowest BCUT2D eigenvalue weighted by Gasteiger charge is -2.36. The summed E-state index contributed by atoms with van der Waals surface area (Å²) in [7, 11) is 1.49. The van der Waals surface area contributed by atoms with Crippen LogP contribution in [0.5, 0.6) is 5.75 Å². The first-order valence-corrected chi connectivity index (χ1v) is 18.1. The van der Waals surface area contributed by atoms with Crippen LogP contribution in [0.15, 0.2) is 48.7 Å². The van der Waals surface area contributed by atoms with Crippen LogP contribution in [0.1, 0.15) is 60.5 Å². The third kappa shape index (κ3) is 6.86. The number of rotatable bonds is 10. The number of halogens is 1. The lowest BCUT2D eigenvalue weighted by atomic mass is 9.96. The molecule has 1 N–H and O–H groups in total. The van der Waals surface area contributed by atoms with E-state index in [0.29, 0.717) is 68.7 Å². The SMILES string of the molecule is CCc1nc(C)ccc1-c1cc(C(=O)N2CCN(c3ncc(F)cc3OC)CC2)cc2cc(C3=CCCN(C(=O)C(C)C(=O)O)C3)n(CC3CC3)c12. The largest absolute Gasteiger partial charge is 0.493 e. The summed E-state index contributed by atoms with van der Waals surface area (Å²) in [5.74, 6) is -1.73. The van der Waals surface area contributed by atoms with Gasteiger partial charge >= 0.3 is 5.97 Å². The van der Waals surface area contributed by atoms with Crippen LogP contribution in [0.3, 0.4) is 0 Å². The lowest BCUT2D eigenvalue weighted by molar-refractivity contribution is -0.150. The molecule has 7 rings (SSSR count). The molecule has 11 nitrogen and oxygen atoms in total. The summed E-state index contributed by atoms with van der Waals surface area (Å²) in [4.78, 5) is 53.9. The summed E-state index contributed by atoms with van der Waals surface area (Å²) in [5.41, 5.74) is 7.39. The van der Waals surface area contributed by atoms with Crippen molar-refractivity contribution in [1.82, 2.24) is 24.3 Å². The van der Waals surface area contributed by atoms with Crippen molar-refractivity contribution in [2.24, 2.45) is 11.8 Å². The number of benzene rings is 1. The van der Waals surface area contributed by atoms with E-state index in [2.05, 4.69) is 34.7 Å². The lowest BCUT2D eigenvalue weighted by Crippen LogP contribution is -2.49. The first kappa shape index (κ1) is 35.2. The topological polar surface area (TPSA) is 121 Å². The molecule has 1 aromatic carbocycles. The Balaban J connectivity index is 1.28. The summed E-state index contributed by atoms with van der Waals surface area (Å²) < 4.78 is 21.6. The Hall–Kier alpha value is -5.26. The standard InChI is InChI=1S/C40H45FN6O5/c1-5-33-31(11-8-24(2)43-33)32-18-29(39(49)45-15-13-44(14-16-45)37-35(52-4)20-30(41)21-42-37)17-28-19-34(47(36(28)32)22-26-9-10-26)27-7-6-12-46(23-27)38(48)25(3)40(50)51/h7-8,11,17-21,25-26H,5-6,9-10,12-16,22-23H2,1-4H3,(H,50,51). The fraction of sp³-hybridized carbons (Fsp3) is 0.425. The average molecular weight is 709 g/mol. The van der Waals surface area contributed by atoms with E-state index in [1.165, 1.54) is 26.3 Å². The van der Waals surface area contributed by atoms with Crippen molar-refractivity contribution in [2.45, 2.75) is 53.0 Å². The Morgan fingerprint density at radius 1 is 1.02 bits per heavy atom. The zero-order valence-electron chi connectivity index (χ0n) is 30.2. The highest BCUT2D eigenvalue weighted by Crippen LogP contribution is 2.41. The highest BCUT2D eigenvalue weighted by atomic mass is 19.1. The van der Waals surface area contributed by atoms with E-state index < -0.39 is 17.7 Å². The van der Waals surface area contributed by atoms with Crippen molar-refractivity contribution < 1.29 is 28.6 Å². The van der Waals surface area contributed by atoms with Gasteiger partial charge in [0.05, 0.1) is 18.8 Å². The van der Waals surface area contributed by atoms with Crippen LogP contribution in [0.25, 0.3) is 27.6 Å². The third-order valence-electron chi connectivity index (χ3n) is 10.5. The number of carboxylic acids is 1. The predicted octanol–water partition coefficient (Wildman–Crippen LogP) is 5.83. The number of hydrogen-bond donors (Lipinski definition) is 1. The summed E-state index contributed by atoms with van der Waals surface area (Å²) in [6.07, 6.45) is 6.97. The molecule has 2 aliphatic heterocycles. The number of carboxylic acid groups (broad SMARTS) is 1. The number of carbonyl (C=O) groups is 3. The number of methoxy groups -OCH3 is 1. The van der Waals surface area contributed by atoms with Crippen molar-refractivity contribution in [3.63, 3.8) is 0 Å². The number of aryl methyl sites for hydroxylation is 2. The molecule has 52 heavy (non-hydrogen) atoms. The number of anilines is 1.